The molecule has 0 aliphatic carbocycles. The lowest BCUT2D eigenvalue weighted by molar-refractivity contribution is 0.460. The van der Waals surface area contributed by atoms with Gasteiger partial charge in [-0.05, 0) is 37.7 Å². The van der Waals surface area contributed by atoms with E-state index in [-0.39, 0.29) is 5.75 Å². The number of likely N-dealkylation sites (tertiary alicyclic amines) is 1. The van der Waals surface area contributed by atoms with E-state index in [1.165, 1.54) is 18.2 Å². The Labute approximate surface area is 146 Å². The Morgan fingerprint density at radius 1 is 1.33 bits per heavy atom. The minimum absolute atomic E-state index is 0.201. The molecule has 0 spiro atoms. The van der Waals surface area contributed by atoms with Crippen molar-refractivity contribution in [2.75, 3.05) is 38.2 Å². The molecule has 1 unspecified atom stereocenters. The molecule has 1 fully saturated rings. The second kappa shape index (κ2) is 9.06. The van der Waals surface area contributed by atoms with Crippen molar-refractivity contribution in [3.63, 3.8) is 0 Å². The fourth-order valence-corrected chi connectivity index (χ4v) is 3.73. The molecule has 1 atom stereocenters. The van der Waals surface area contributed by atoms with Gasteiger partial charge < -0.3 is 10.2 Å². The zero-order valence-corrected chi connectivity index (χ0v) is 15.6. The Morgan fingerprint density at radius 3 is 2.75 bits per heavy atom. The summed E-state index contributed by atoms with van der Waals surface area (Å²) in [6.45, 7) is 5.45. The van der Waals surface area contributed by atoms with Gasteiger partial charge in [0.1, 0.15) is 9.84 Å². The molecule has 134 valence electrons. The number of hydrogen-bond acceptors (Lipinski definition) is 3. The maximum Gasteiger partial charge on any atom is 0.193 e. The fourth-order valence-electron chi connectivity index (χ4n) is 3.08. The SMILES string of the molecule is CCNC(=NCCCS(C)(=O)=O)N1CCC(Cc2ccccc2)C1. The number of sulfone groups is 1. The highest BCUT2D eigenvalue weighted by Gasteiger charge is 2.24. The summed E-state index contributed by atoms with van der Waals surface area (Å²) in [7, 11) is -2.90. The predicted molar refractivity (Wildman–Crippen MR) is 100 cm³/mol. The van der Waals surface area contributed by atoms with Crippen LogP contribution in [0.1, 0.15) is 25.3 Å². The van der Waals surface area contributed by atoms with Gasteiger partial charge in [0.25, 0.3) is 0 Å². The molecule has 0 bridgehead atoms. The second-order valence-corrected chi connectivity index (χ2v) is 8.77. The van der Waals surface area contributed by atoms with Crippen LogP contribution in [0.5, 0.6) is 0 Å². The van der Waals surface area contributed by atoms with Crippen LogP contribution in [-0.2, 0) is 16.3 Å². The van der Waals surface area contributed by atoms with Crippen molar-refractivity contribution in [2.24, 2.45) is 10.9 Å². The average Bonchev–Trinajstić information content (AvgIpc) is 2.99. The van der Waals surface area contributed by atoms with Gasteiger partial charge in [0, 0.05) is 32.4 Å². The molecule has 1 aromatic rings. The third-order valence-corrected chi connectivity index (χ3v) is 5.25. The first kappa shape index (κ1) is 18.8. The molecule has 1 aliphatic heterocycles. The monoisotopic (exact) mass is 351 g/mol. The third-order valence-electron chi connectivity index (χ3n) is 4.22. The topological polar surface area (TPSA) is 61.8 Å². The zero-order chi connectivity index (χ0) is 17.4. The molecule has 2 rings (SSSR count). The number of nitrogens with one attached hydrogen (secondary N) is 1. The lowest BCUT2D eigenvalue weighted by Crippen LogP contribution is -2.40. The number of aliphatic imine (C=N–C) groups is 1. The van der Waals surface area contributed by atoms with Gasteiger partial charge in [-0.1, -0.05) is 30.3 Å². The van der Waals surface area contributed by atoms with Gasteiger partial charge in [0.2, 0.25) is 0 Å². The van der Waals surface area contributed by atoms with Crippen molar-refractivity contribution in [2.45, 2.75) is 26.2 Å². The largest absolute Gasteiger partial charge is 0.357 e. The highest BCUT2D eigenvalue weighted by Crippen LogP contribution is 2.20. The van der Waals surface area contributed by atoms with E-state index in [4.69, 9.17) is 0 Å². The van der Waals surface area contributed by atoms with Crippen LogP contribution in [0.3, 0.4) is 0 Å². The Morgan fingerprint density at radius 2 is 2.08 bits per heavy atom. The van der Waals surface area contributed by atoms with Crippen molar-refractivity contribution in [1.29, 1.82) is 0 Å². The van der Waals surface area contributed by atoms with Gasteiger partial charge in [0.15, 0.2) is 5.96 Å². The molecule has 24 heavy (non-hydrogen) atoms. The summed E-state index contributed by atoms with van der Waals surface area (Å²) < 4.78 is 22.4. The molecule has 0 saturated carbocycles. The Kier molecular flexibility index (Phi) is 7.09. The highest BCUT2D eigenvalue weighted by atomic mass is 32.2. The van der Waals surface area contributed by atoms with E-state index in [0.29, 0.717) is 18.9 Å². The van der Waals surface area contributed by atoms with Crippen LogP contribution in [0.4, 0.5) is 0 Å². The normalized spacial score (nSPS) is 18.8. The van der Waals surface area contributed by atoms with Crippen LogP contribution in [0.15, 0.2) is 35.3 Å². The molecular formula is C18H29N3O2S. The van der Waals surface area contributed by atoms with E-state index in [2.05, 4.69) is 52.5 Å². The molecular weight excluding hydrogens is 322 g/mol. The Hall–Kier alpha value is -1.56. The first-order valence-corrected chi connectivity index (χ1v) is 10.8. The smallest absolute Gasteiger partial charge is 0.193 e. The zero-order valence-electron chi connectivity index (χ0n) is 14.7. The van der Waals surface area contributed by atoms with Gasteiger partial charge in [-0.15, -0.1) is 0 Å². The number of benzene rings is 1. The lowest BCUT2D eigenvalue weighted by Gasteiger charge is -2.21. The van der Waals surface area contributed by atoms with Crippen molar-refractivity contribution in [3.8, 4) is 0 Å². The Bertz CT molecular complexity index is 629. The van der Waals surface area contributed by atoms with Crippen LogP contribution in [0, 0.1) is 5.92 Å². The average molecular weight is 352 g/mol. The number of guanidine groups is 1. The molecule has 6 heteroatoms. The van der Waals surface area contributed by atoms with E-state index in [0.717, 1.165) is 32.0 Å². The van der Waals surface area contributed by atoms with E-state index in [1.807, 2.05) is 0 Å². The van der Waals surface area contributed by atoms with E-state index >= 15 is 0 Å². The van der Waals surface area contributed by atoms with E-state index in [1.54, 1.807) is 0 Å². The molecule has 0 amide bonds. The molecule has 0 radical (unpaired) electrons. The number of nitrogens with zero attached hydrogens (tertiary/aromatic N) is 2. The maximum absolute atomic E-state index is 11.2. The molecule has 1 saturated heterocycles. The summed E-state index contributed by atoms with van der Waals surface area (Å²) >= 11 is 0. The van der Waals surface area contributed by atoms with Crippen LogP contribution in [0.25, 0.3) is 0 Å². The summed E-state index contributed by atoms with van der Waals surface area (Å²) in [6.07, 6.45) is 4.12. The fraction of sp³-hybridized carbons (Fsp3) is 0.611. The van der Waals surface area contributed by atoms with Gasteiger partial charge >= 0.3 is 0 Å². The number of rotatable bonds is 7. The molecule has 1 aliphatic rings. The lowest BCUT2D eigenvalue weighted by atomic mass is 9.99. The first-order valence-electron chi connectivity index (χ1n) is 8.73. The minimum atomic E-state index is -2.90. The van der Waals surface area contributed by atoms with Crippen molar-refractivity contribution >= 4 is 15.8 Å². The Balaban J connectivity index is 1.87. The van der Waals surface area contributed by atoms with Crippen LogP contribution < -0.4 is 5.32 Å². The quantitative estimate of drug-likeness (QED) is 0.463. The van der Waals surface area contributed by atoms with Crippen LogP contribution in [0.2, 0.25) is 0 Å². The van der Waals surface area contributed by atoms with E-state index < -0.39 is 9.84 Å². The van der Waals surface area contributed by atoms with Gasteiger partial charge in [0.05, 0.1) is 5.75 Å². The van der Waals surface area contributed by atoms with Gasteiger partial charge in [-0.2, -0.15) is 0 Å². The van der Waals surface area contributed by atoms with Crippen LogP contribution >= 0.6 is 0 Å². The first-order chi connectivity index (χ1) is 11.5. The molecule has 1 heterocycles. The molecule has 0 aromatic heterocycles. The van der Waals surface area contributed by atoms with Crippen LogP contribution in [-0.4, -0.2) is 57.5 Å². The van der Waals surface area contributed by atoms with Crippen molar-refractivity contribution in [1.82, 2.24) is 10.2 Å². The predicted octanol–water partition coefficient (Wildman–Crippen LogP) is 1.95. The highest BCUT2D eigenvalue weighted by molar-refractivity contribution is 7.90. The van der Waals surface area contributed by atoms with Gasteiger partial charge in [-0.25, -0.2) is 8.42 Å². The summed E-state index contributed by atoms with van der Waals surface area (Å²) in [5, 5.41) is 3.33. The number of hydrogen-bond donors (Lipinski definition) is 1. The van der Waals surface area contributed by atoms with E-state index in [9.17, 15) is 8.42 Å². The summed E-state index contributed by atoms with van der Waals surface area (Å²) in [6, 6.07) is 10.6. The molecule has 5 nitrogen and oxygen atoms in total. The molecule has 1 N–H and O–H groups in total. The summed E-state index contributed by atoms with van der Waals surface area (Å²) in [4.78, 5) is 6.91. The minimum Gasteiger partial charge on any atom is -0.357 e. The second-order valence-electron chi connectivity index (χ2n) is 6.51. The maximum atomic E-state index is 11.2. The van der Waals surface area contributed by atoms with Gasteiger partial charge in [-0.3, -0.25) is 4.99 Å². The summed E-state index contributed by atoms with van der Waals surface area (Å²) in [5.41, 5.74) is 1.39. The third kappa shape index (κ3) is 6.51. The molecule has 1 aromatic carbocycles. The standard InChI is InChI=1S/C18H29N3O2S/c1-3-19-18(20-11-7-13-24(2,22)23)21-12-10-17(15-21)14-16-8-5-4-6-9-16/h4-6,8-9,17H,3,7,10-15H2,1-2H3,(H,19,20). The van der Waals surface area contributed by atoms with Crippen molar-refractivity contribution in [3.05, 3.63) is 35.9 Å². The summed E-state index contributed by atoms with van der Waals surface area (Å²) in [5.74, 6) is 1.76. The van der Waals surface area contributed by atoms with Crippen molar-refractivity contribution < 1.29 is 8.42 Å².